The van der Waals surface area contributed by atoms with E-state index in [-0.39, 0.29) is 5.95 Å². The lowest BCUT2D eigenvalue weighted by Crippen LogP contribution is -2.36. The average molecular weight is 327 g/mol. The monoisotopic (exact) mass is 327 g/mol. The van der Waals surface area contributed by atoms with Gasteiger partial charge in [0.05, 0.1) is 0 Å². The first-order valence-corrected chi connectivity index (χ1v) is 8.85. The second-order valence-electron chi connectivity index (χ2n) is 7.03. The molecule has 24 heavy (non-hydrogen) atoms. The van der Waals surface area contributed by atoms with Gasteiger partial charge in [-0.2, -0.15) is 9.97 Å². The van der Waals surface area contributed by atoms with Crippen molar-refractivity contribution in [1.29, 1.82) is 0 Å². The Bertz CT molecular complexity index is 686. The van der Waals surface area contributed by atoms with Crippen LogP contribution >= 0.6 is 0 Å². The van der Waals surface area contributed by atoms with E-state index < -0.39 is 0 Å². The number of nitrogens with two attached hydrogens (primary N) is 2. The molecule has 1 unspecified atom stereocenters. The predicted molar refractivity (Wildman–Crippen MR) is 94.6 cm³/mol. The molecule has 4 rings (SSSR count). The van der Waals surface area contributed by atoms with Crippen LogP contribution in [0, 0.1) is 5.92 Å². The van der Waals surface area contributed by atoms with E-state index >= 15 is 0 Å². The third kappa shape index (κ3) is 3.02. The minimum absolute atomic E-state index is 0.235. The fourth-order valence-corrected chi connectivity index (χ4v) is 3.82. The number of hydrogen-bond donors (Lipinski definition) is 2. The molecule has 0 spiro atoms. The minimum Gasteiger partial charge on any atom is -0.383 e. The van der Waals surface area contributed by atoms with Crippen molar-refractivity contribution >= 4 is 17.6 Å². The maximum atomic E-state index is 5.82. The summed E-state index contributed by atoms with van der Waals surface area (Å²) < 4.78 is 2.36. The molecule has 0 radical (unpaired) electrons. The van der Waals surface area contributed by atoms with Gasteiger partial charge in [-0.1, -0.05) is 6.42 Å². The third-order valence-electron chi connectivity index (χ3n) is 5.29. The Labute approximate surface area is 142 Å². The highest BCUT2D eigenvalue weighted by Gasteiger charge is 2.27. The maximum absolute atomic E-state index is 5.82. The Morgan fingerprint density at radius 1 is 1.12 bits per heavy atom. The topological polar surface area (TPSA) is 98.9 Å². The number of rotatable bonds is 4. The molecular weight excluding hydrogens is 302 g/mol. The summed E-state index contributed by atoms with van der Waals surface area (Å²) >= 11 is 0. The highest BCUT2D eigenvalue weighted by atomic mass is 15.2. The van der Waals surface area contributed by atoms with Crippen LogP contribution in [0.3, 0.4) is 0 Å². The molecule has 1 saturated heterocycles. The number of hydrogen-bond acceptors (Lipinski definition) is 6. The Hall–Kier alpha value is -2.31. The quantitative estimate of drug-likeness (QED) is 0.891. The van der Waals surface area contributed by atoms with Crippen molar-refractivity contribution in [2.24, 2.45) is 5.92 Å². The van der Waals surface area contributed by atoms with Crippen molar-refractivity contribution in [3.8, 4) is 0 Å². The first-order chi connectivity index (χ1) is 11.7. The molecule has 1 atom stereocenters. The van der Waals surface area contributed by atoms with Crippen LogP contribution in [0.2, 0.25) is 0 Å². The van der Waals surface area contributed by atoms with Crippen LogP contribution in [-0.4, -0.2) is 32.6 Å². The molecule has 128 valence electrons. The lowest BCUT2D eigenvalue weighted by Gasteiger charge is -2.34. The van der Waals surface area contributed by atoms with E-state index in [4.69, 9.17) is 11.5 Å². The molecule has 3 heterocycles. The standard InChI is InChI=1S/C17H25N7/c18-14-9-15(22-17(19)21-14)23-7-2-5-13(11-23)16-20-6-8-24(16)10-12-3-1-4-12/h6,8-9,12-13H,1-5,7,10-11H2,(H4,18,19,21,22). The lowest BCUT2D eigenvalue weighted by atomic mass is 9.85. The summed E-state index contributed by atoms with van der Waals surface area (Å²) in [4.78, 5) is 15.2. The van der Waals surface area contributed by atoms with E-state index in [0.29, 0.717) is 11.7 Å². The Morgan fingerprint density at radius 2 is 2.00 bits per heavy atom. The molecule has 2 fully saturated rings. The van der Waals surface area contributed by atoms with Gasteiger partial charge in [0.1, 0.15) is 17.5 Å². The summed E-state index contributed by atoms with van der Waals surface area (Å²) in [6, 6.07) is 1.81. The summed E-state index contributed by atoms with van der Waals surface area (Å²) in [6.45, 7) is 2.98. The molecule has 7 nitrogen and oxygen atoms in total. The zero-order valence-corrected chi connectivity index (χ0v) is 13.9. The third-order valence-corrected chi connectivity index (χ3v) is 5.29. The fraction of sp³-hybridized carbons (Fsp3) is 0.588. The molecule has 1 saturated carbocycles. The van der Waals surface area contributed by atoms with Gasteiger partial charge in [-0.3, -0.25) is 0 Å². The molecule has 1 aliphatic carbocycles. The van der Waals surface area contributed by atoms with Gasteiger partial charge in [-0.25, -0.2) is 4.98 Å². The normalized spacial score (nSPS) is 21.7. The van der Waals surface area contributed by atoms with Crippen molar-refractivity contribution in [2.75, 3.05) is 29.5 Å². The van der Waals surface area contributed by atoms with Gasteiger partial charge >= 0.3 is 0 Å². The zero-order chi connectivity index (χ0) is 16.5. The second kappa shape index (κ2) is 6.30. The largest absolute Gasteiger partial charge is 0.383 e. The van der Waals surface area contributed by atoms with Gasteiger partial charge in [0.2, 0.25) is 5.95 Å². The van der Waals surface area contributed by atoms with Crippen LogP contribution in [0.1, 0.15) is 43.8 Å². The zero-order valence-electron chi connectivity index (χ0n) is 13.9. The molecule has 0 amide bonds. The Kier molecular flexibility index (Phi) is 4.00. The summed E-state index contributed by atoms with van der Waals surface area (Å²) in [7, 11) is 0. The summed E-state index contributed by atoms with van der Waals surface area (Å²) in [5.41, 5.74) is 11.6. The molecular formula is C17H25N7. The Morgan fingerprint density at radius 3 is 2.75 bits per heavy atom. The van der Waals surface area contributed by atoms with Crippen molar-refractivity contribution in [3.05, 3.63) is 24.3 Å². The van der Waals surface area contributed by atoms with Gasteiger partial charge in [0.15, 0.2) is 0 Å². The van der Waals surface area contributed by atoms with Crippen LogP contribution in [0.15, 0.2) is 18.5 Å². The molecule has 4 N–H and O–H groups in total. The first kappa shape index (κ1) is 15.2. The fourth-order valence-electron chi connectivity index (χ4n) is 3.82. The number of anilines is 3. The van der Waals surface area contributed by atoms with E-state index in [9.17, 15) is 0 Å². The smallest absolute Gasteiger partial charge is 0.223 e. The summed E-state index contributed by atoms with van der Waals surface area (Å²) in [6.07, 6.45) is 10.4. The molecule has 0 bridgehead atoms. The number of aromatic nitrogens is 4. The number of piperidine rings is 1. The molecule has 0 aromatic carbocycles. The maximum Gasteiger partial charge on any atom is 0.223 e. The van der Waals surface area contributed by atoms with Gasteiger partial charge in [0.25, 0.3) is 0 Å². The van der Waals surface area contributed by atoms with E-state index in [0.717, 1.165) is 44.2 Å². The highest BCUT2D eigenvalue weighted by molar-refractivity contribution is 5.50. The Balaban J connectivity index is 1.51. The summed E-state index contributed by atoms with van der Waals surface area (Å²) in [5, 5.41) is 0. The van der Waals surface area contributed by atoms with E-state index in [1.807, 2.05) is 6.20 Å². The molecule has 2 aliphatic rings. The predicted octanol–water partition coefficient (Wildman–Crippen LogP) is 2.02. The van der Waals surface area contributed by atoms with Crippen molar-refractivity contribution < 1.29 is 0 Å². The number of nitrogens with zero attached hydrogens (tertiary/aromatic N) is 5. The molecule has 7 heteroatoms. The van der Waals surface area contributed by atoms with Gasteiger partial charge in [-0.15, -0.1) is 0 Å². The molecule has 1 aliphatic heterocycles. The molecule has 2 aromatic rings. The van der Waals surface area contributed by atoms with Crippen molar-refractivity contribution in [3.63, 3.8) is 0 Å². The van der Waals surface area contributed by atoms with Gasteiger partial charge < -0.3 is 20.9 Å². The van der Waals surface area contributed by atoms with Crippen LogP contribution < -0.4 is 16.4 Å². The van der Waals surface area contributed by atoms with Gasteiger partial charge in [0, 0.05) is 44.0 Å². The highest BCUT2D eigenvalue weighted by Crippen LogP contribution is 2.32. The SMILES string of the molecule is Nc1cc(N2CCCC(c3nccn3CC3CCC3)C2)nc(N)n1. The van der Waals surface area contributed by atoms with Crippen LogP contribution in [0.4, 0.5) is 17.6 Å². The van der Waals surface area contributed by atoms with Crippen molar-refractivity contribution in [2.45, 2.75) is 44.6 Å². The van der Waals surface area contributed by atoms with Crippen LogP contribution in [-0.2, 0) is 6.54 Å². The number of imidazole rings is 1. The van der Waals surface area contributed by atoms with Crippen LogP contribution in [0.25, 0.3) is 0 Å². The van der Waals surface area contributed by atoms with E-state index in [1.54, 1.807) is 6.07 Å². The van der Waals surface area contributed by atoms with Gasteiger partial charge in [-0.05, 0) is 31.6 Å². The minimum atomic E-state index is 0.235. The lowest BCUT2D eigenvalue weighted by molar-refractivity contribution is 0.270. The second-order valence-corrected chi connectivity index (χ2v) is 7.03. The molecule has 2 aromatic heterocycles. The number of nitrogen functional groups attached to an aromatic ring is 2. The van der Waals surface area contributed by atoms with E-state index in [1.165, 1.54) is 25.1 Å². The first-order valence-electron chi connectivity index (χ1n) is 8.85. The van der Waals surface area contributed by atoms with Crippen LogP contribution in [0.5, 0.6) is 0 Å². The summed E-state index contributed by atoms with van der Waals surface area (Å²) in [5.74, 6) is 3.94. The van der Waals surface area contributed by atoms with Crippen molar-refractivity contribution in [1.82, 2.24) is 19.5 Å². The van der Waals surface area contributed by atoms with E-state index in [2.05, 4.69) is 30.6 Å². The average Bonchev–Trinajstić information content (AvgIpc) is 2.98.